The van der Waals surface area contributed by atoms with Crippen LogP contribution in [0.15, 0.2) is 42.5 Å². The second-order valence-electron chi connectivity index (χ2n) is 5.71. The summed E-state index contributed by atoms with van der Waals surface area (Å²) in [5, 5.41) is 0. The molecule has 0 saturated heterocycles. The highest BCUT2D eigenvalue weighted by Crippen LogP contribution is 2.31. The van der Waals surface area contributed by atoms with Crippen molar-refractivity contribution in [1.29, 1.82) is 0 Å². The van der Waals surface area contributed by atoms with E-state index in [1.54, 1.807) is 38.3 Å². The molecule has 0 spiro atoms. The summed E-state index contributed by atoms with van der Waals surface area (Å²) >= 11 is 0. The molecular formula is C20H25NO4. The Morgan fingerprint density at radius 1 is 1.00 bits per heavy atom. The highest BCUT2D eigenvalue weighted by molar-refractivity contribution is 5.93. The number of para-hydroxylation sites is 1. The first-order valence-electron chi connectivity index (χ1n) is 8.24. The smallest absolute Gasteiger partial charge is 0.226 e. The van der Waals surface area contributed by atoms with Crippen LogP contribution in [-0.2, 0) is 4.79 Å². The molecule has 2 rings (SSSR count). The molecule has 5 nitrogen and oxygen atoms in total. The van der Waals surface area contributed by atoms with Gasteiger partial charge in [-0.25, -0.2) is 0 Å². The van der Waals surface area contributed by atoms with Gasteiger partial charge < -0.3 is 19.1 Å². The van der Waals surface area contributed by atoms with Crippen molar-refractivity contribution in [2.75, 3.05) is 32.8 Å². The van der Waals surface area contributed by atoms with Gasteiger partial charge in [0.15, 0.2) is 11.5 Å². The van der Waals surface area contributed by atoms with Crippen molar-refractivity contribution >= 4 is 11.6 Å². The Morgan fingerprint density at radius 3 is 2.40 bits per heavy atom. The van der Waals surface area contributed by atoms with Crippen molar-refractivity contribution in [3.8, 4) is 17.2 Å². The van der Waals surface area contributed by atoms with E-state index in [2.05, 4.69) is 0 Å². The summed E-state index contributed by atoms with van der Waals surface area (Å²) < 4.78 is 16.2. The lowest BCUT2D eigenvalue weighted by Gasteiger charge is -2.19. The monoisotopic (exact) mass is 343 g/mol. The molecule has 25 heavy (non-hydrogen) atoms. The molecule has 0 bridgehead atoms. The zero-order valence-electron chi connectivity index (χ0n) is 15.2. The van der Waals surface area contributed by atoms with E-state index in [4.69, 9.17) is 14.2 Å². The molecule has 0 aliphatic carbocycles. The average Bonchev–Trinajstić information content (AvgIpc) is 2.65. The standard InChI is InChI=1S/C20H25NO4/c1-15-8-5-6-9-17(15)25-13-7-10-20(22)21(2)16-11-12-18(23-3)19(14-16)24-4/h5-6,8-9,11-12,14H,7,10,13H2,1-4H3. The molecule has 2 aromatic carbocycles. The minimum absolute atomic E-state index is 0.0283. The molecule has 0 aliphatic rings. The molecular weight excluding hydrogens is 318 g/mol. The fourth-order valence-corrected chi connectivity index (χ4v) is 2.47. The van der Waals surface area contributed by atoms with Crippen LogP contribution in [0, 0.1) is 6.92 Å². The molecule has 0 fully saturated rings. The fourth-order valence-electron chi connectivity index (χ4n) is 2.47. The summed E-state index contributed by atoms with van der Waals surface area (Å²) in [5.74, 6) is 2.13. The van der Waals surface area contributed by atoms with Crippen molar-refractivity contribution in [1.82, 2.24) is 0 Å². The van der Waals surface area contributed by atoms with Gasteiger partial charge in [-0.15, -0.1) is 0 Å². The van der Waals surface area contributed by atoms with Crippen LogP contribution in [0.25, 0.3) is 0 Å². The van der Waals surface area contributed by atoms with Gasteiger partial charge in [-0.2, -0.15) is 0 Å². The van der Waals surface area contributed by atoms with Crippen LogP contribution < -0.4 is 19.1 Å². The third kappa shape index (κ3) is 4.89. The van der Waals surface area contributed by atoms with Crippen molar-refractivity contribution in [2.45, 2.75) is 19.8 Å². The summed E-state index contributed by atoms with van der Waals surface area (Å²) in [4.78, 5) is 14.0. The number of benzene rings is 2. The quantitative estimate of drug-likeness (QED) is 0.684. The summed E-state index contributed by atoms with van der Waals surface area (Å²) in [6, 6.07) is 13.3. The molecule has 134 valence electrons. The first-order chi connectivity index (χ1) is 12.1. The van der Waals surface area contributed by atoms with Crippen LogP contribution in [0.5, 0.6) is 17.2 Å². The normalized spacial score (nSPS) is 10.2. The number of aryl methyl sites for hydroxylation is 1. The van der Waals surface area contributed by atoms with Crippen molar-refractivity contribution in [3.05, 3.63) is 48.0 Å². The summed E-state index contributed by atoms with van der Waals surface area (Å²) in [6.45, 7) is 2.52. The number of hydrogen-bond donors (Lipinski definition) is 0. The van der Waals surface area contributed by atoms with Crippen molar-refractivity contribution < 1.29 is 19.0 Å². The first kappa shape index (κ1) is 18.6. The second-order valence-corrected chi connectivity index (χ2v) is 5.71. The highest BCUT2D eigenvalue weighted by atomic mass is 16.5. The molecule has 0 unspecified atom stereocenters. The second kappa shape index (κ2) is 8.97. The fraction of sp³-hybridized carbons (Fsp3) is 0.350. The number of hydrogen-bond acceptors (Lipinski definition) is 4. The van der Waals surface area contributed by atoms with Gasteiger partial charge >= 0.3 is 0 Å². The molecule has 0 atom stereocenters. The molecule has 0 saturated carbocycles. The number of rotatable bonds is 8. The van der Waals surface area contributed by atoms with Gasteiger partial charge in [0.05, 0.1) is 20.8 Å². The number of carbonyl (C=O) groups excluding carboxylic acids is 1. The first-order valence-corrected chi connectivity index (χ1v) is 8.24. The van der Waals surface area contributed by atoms with E-state index in [-0.39, 0.29) is 5.91 Å². The number of nitrogens with zero attached hydrogens (tertiary/aromatic N) is 1. The third-order valence-corrected chi connectivity index (χ3v) is 4.01. The Morgan fingerprint density at radius 2 is 1.72 bits per heavy atom. The van der Waals surface area contributed by atoms with Gasteiger partial charge in [0.1, 0.15) is 5.75 Å². The maximum atomic E-state index is 12.4. The Labute approximate surface area is 149 Å². The SMILES string of the molecule is COc1ccc(N(C)C(=O)CCCOc2ccccc2C)cc1OC. The summed E-state index contributed by atoms with van der Waals surface area (Å²) in [7, 11) is 4.92. The third-order valence-electron chi connectivity index (χ3n) is 4.01. The lowest BCUT2D eigenvalue weighted by atomic mass is 10.2. The Bertz CT molecular complexity index is 715. The maximum Gasteiger partial charge on any atom is 0.226 e. The number of carbonyl (C=O) groups is 1. The van der Waals surface area contributed by atoms with E-state index >= 15 is 0 Å². The zero-order valence-corrected chi connectivity index (χ0v) is 15.2. The van der Waals surface area contributed by atoms with E-state index < -0.39 is 0 Å². The molecule has 1 amide bonds. The predicted octanol–water partition coefficient (Wildman–Crippen LogP) is 3.83. The molecule has 0 aromatic heterocycles. The highest BCUT2D eigenvalue weighted by Gasteiger charge is 2.13. The van der Waals surface area contributed by atoms with Gasteiger partial charge in [-0.3, -0.25) is 4.79 Å². The predicted molar refractivity (Wildman–Crippen MR) is 98.9 cm³/mol. The molecule has 0 heterocycles. The van der Waals surface area contributed by atoms with Gasteiger partial charge in [0.25, 0.3) is 0 Å². The molecule has 0 N–H and O–H groups in total. The number of ether oxygens (including phenoxy) is 3. The number of methoxy groups -OCH3 is 2. The summed E-state index contributed by atoms with van der Waals surface area (Å²) in [5.41, 5.74) is 1.86. The van der Waals surface area contributed by atoms with Crippen LogP contribution in [-0.4, -0.2) is 33.8 Å². The Balaban J connectivity index is 1.87. The van der Waals surface area contributed by atoms with E-state index in [9.17, 15) is 4.79 Å². The number of anilines is 1. The van der Waals surface area contributed by atoms with E-state index in [0.717, 1.165) is 17.0 Å². The number of amides is 1. The summed E-state index contributed by atoms with van der Waals surface area (Å²) in [6.07, 6.45) is 1.07. The Hall–Kier alpha value is -2.69. The van der Waals surface area contributed by atoms with Gasteiger partial charge in [-0.05, 0) is 37.1 Å². The van der Waals surface area contributed by atoms with Crippen LogP contribution in [0.1, 0.15) is 18.4 Å². The van der Waals surface area contributed by atoms with Gasteiger partial charge in [0, 0.05) is 25.2 Å². The molecule has 2 aromatic rings. The van der Waals surface area contributed by atoms with Crippen LogP contribution in [0.3, 0.4) is 0 Å². The minimum atomic E-state index is 0.0283. The molecule has 5 heteroatoms. The minimum Gasteiger partial charge on any atom is -0.493 e. The van der Waals surface area contributed by atoms with Crippen LogP contribution in [0.2, 0.25) is 0 Å². The lowest BCUT2D eigenvalue weighted by Crippen LogP contribution is -2.26. The van der Waals surface area contributed by atoms with Crippen molar-refractivity contribution in [3.63, 3.8) is 0 Å². The molecule has 0 radical (unpaired) electrons. The molecule has 0 aliphatic heterocycles. The zero-order chi connectivity index (χ0) is 18.2. The van der Waals surface area contributed by atoms with Crippen LogP contribution >= 0.6 is 0 Å². The van der Waals surface area contributed by atoms with E-state index in [1.165, 1.54) is 0 Å². The van der Waals surface area contributed by atoms with E-state index in [1.807, 2.05) is 37.3 Å². The van der Waals surface area contributed by atoms with E-state index in [0.29, 0.717) is 30.9 Å². The topological polar surface area (TPSA) is 48.0 Å². The lowest BCUT2D eigenvalue weighted by molar-refractivity contribution is -0.118. The van der Waals surface area contributed by atoms with Gasteiger partial charge in [0.2, 0.25) is 5.91 Å². The van der Waals surface area contributed by atoms with Gasteiger partial charge in [-0.1, -0.05) is 18.2 Å². The van der Waals surface area contributed by atoms with Crippen LogP contribution in [0.4, 0.5) is 5.69 Å². The Kier molecular flexibility index (Phi) is 6.69. The average molecular weight is 343 g/mol. The largest absolute Gasteiger partial charge is 0.493 e. The maximum absolute atomic E-state index is 12.4. The van der Waals surface area contributed by atoms with Crippen molar-refractivity contribution in [2.24, 2.45) is 0 Å².